The van der Waals surface area contributed by atoms with Gasteiger partial charge in [0.05, 0.1) is 12.8 Å². The topological polar surface area (TPSA) is 38.7 Å². The molecule has 0 aromatic rings. The lowest BCUT2D eigenvalue weighted by atomic mass is 10.2. The van der Waals surface area contributed by atoms with Crippen molar-refractivity contribution < 1.29 is 9.53 Å². The summed E-state index contributed by atoms with van der Waals surface area (Å²) in [5.74, 6) is -0.399. The molecular weight excluding hydrogens is 142 g/mol. The molecule has 0 spiro atoms. The van der Waals surface area contributed by atoms with Crippen molar-refractivity contribution in [2.45, 2.75) is 6.42 Å². The SMILES string of the molecule is C=COC(=O)C1=NCC=CC1. The zero-order valence-electron chi connectivity index (χ0n) is 6.12. The minimum absolute atomic E-state index is 0.399. The molecule has 3 heteroatoms. The predicted molar refractivity (Wildman–Crippen MR) is 42.3 cm³/mol. The van der Waals surface area contributed by atoms with E-state index in [1.807, 2.05) is 12.2 Å². The van der Waals surface area contributed by atoms with Crippen LogP contribution in [0.4, 0.5) is 0 Å². The fourth-order valence-electron chi connectivity index (χ4n) is 0.789. The molecule has 0 radical (unpaired) electrons. The van der Waals surface area contributed by atoms with Crippen LogP contribution in [0, 0.1) is 0 Å². The van der Waals surface area contributed by atoms with Crippen molar-refractivity contribution in [2.75, 3.05) is 6.54 Å². The Morgan fingerprint density at radius 1 is 1.73 bits per heavy atom. The molecule has 1 aliphatic rings. The van der Waals surface area contributed by atoms with Crippen molar-refractivity contribution in [1.82, 2.24) is 0 Å². The van der Waals surface area contributed by atoms with Crippen LogP contribution in [-0.2, 0) is 9.53 Å². The van der Waals surface area contributed by atoms with E-state index in [9.17, 15) is 4.79 Å². The van der Waals surface area contributed by atoms with E-state index in [0.717, 1.165) is 6.26 Å². The van der Waals surface area contributed by atoms with Gasteiger partial charge in [-0.2, -0.15) is 0 Å². The summed E-state index contributed by atoms with van der Waals surface area (Å²) < 4.78 is 4.54. The van der Waals surface area contributed by atoms with Gasteiger partial charge in [0.2, 0.25) is 0 Å². The third-order valence-electron chi connectivity index (χ3n) is 1.29. The van der Waals surface area contributed by atoms with Crippen LogP contribution in [0.2, 0.25) is 0 Å². The van der Waals surface area contributed by atoms with E-state index >= 15 is 0 Å². The smallest absolute Gasteiger partial charge is 0.357 e. The Bertz CT molecular complexity index is 228. The monoisotopic (exact) mass is 151 g/mol. The van der Waals surface area contributed by atoms with Crippen LogP contribution in [0.3, 0.4) is 0 Å². The molecule has 0 saturated heterocycles. The quantitative estimate of drug-likeness (QED) is 0.336. The summed E-state index contributed by atoms with van der Waals surface area (Å²) in [4.78, 5) is 14.9. The Hall–Kier alpha value is -1.38. The van der Waals surface area contributed by atoms with Crippen LogP contribution in [0.5, 0.6) is 0 Å². The number of aliphatic imine (C=N–C) groups is 1. The van der Waals surface area contributed by atoms with Gasteiger partial charge in [0, 0.05) is 6.42 Å². The molecule has 3 nitrogen and oxygen atoms in total. The summed E-state index contributed by atoms with van der Waals surface area (Å²) in [6, 6.07) is 0. The second-order valence-corrected chi connectivity index (χ2v) is 2.03. The van der Waals surface area contributed by atoms with Gasteiger partial charge < -0.3 is 4.74 Å². The average Bonchev–Trinajstić information content (AvgIpc) is 2.07. The van der Waals surface area contributed by atoms with Gasteiger partial charge in [-0.1, -0.05) is 18.7 Å². The molecule has 0 aliphatic carbocycles. The van der Waals surface area contributed by atoms with Crippen LogP contribution in [0.25, 0.3) is 0 Å². The van der Waals surface area contributed by atoms with Crippen molar-refractivity contribution in [3.05, 3.63) is 25.0 Å². The highest BCUT2D eigenvalue weighted by atomic mass is 16.5. The van der Waals surface area contributed by atoms with Crippen molar-refractivity contribution in [3.8, 4) is 0 Å². The number of nitrogens with zero attached hydrogens (tertiary/aromatic N) is 1. The van der Waals surface area contributed by atoms with E-state index in [1.165, 1.54) is 0 Å². The molecule has 0 amide bonds. The lowest BCUT2D eigenvalue weighted by Crippen LogP contribution is -2.16. The molecule has 0 atom stereocenters. The Balaban J connectivity index is 2.53. The fourth-order valence-corrected chi connectivity index (χ4v) is 0.789. The Morgan fingerprint density at radius 2 is 2.55 bits per heavy atom. The number of ether oxygens (including phenoxy) is 1. The highest BCUT2D eigenvalue weighted by Gasteiger charge is 2.10. The molecule has 1 rings (SSSR count). The number of hydrogen-bond donors (Lipinski definition) is 0. The van der Waals surface area contributed by atoms with E-state index in [2.05, 4.69) is 16.3 Å². The van der Waals surface area contributed by atoms with Crippen LogP contribution in [0.15, 0.2) is 30.0 Å². The zero-order valence-corrected chi connectivity index (χ0v) is 6.12. The molecule has 0 fully saturated rings. The lowest BCUT2D eigenvalue weighted by Gasteiger charge is -2.03. The van der Waals surface area contributed by atoms with Crippen molar-refractivity contribution >= 4 is 11.7 Å². The highest BCUT2D eigenvalue weighted by Crippen LogP contribution is 1.99. The molecule has 0 unspecified atom stereocenters. The van der Waals surface area contributed by atoms with Gasteiger partial charge >= 0.3 is 5.97 Å². The van der Waals surface area contributed by atoms with Crippen molar-refractivity contribution in [2.24, 2.45) is 4.99 Å². The number of hydrogen-bond acceptors (Lipinski definition) is 3. The molecular formula is C8H9NO2. The van der Waals surface area contributed by atoms with E-state index in [-0.39, 0.29) is 0 Å². The van der Waals surface area contributed by atoms with Gasteiger partial charge in [-0.3, -0.25) is 4.99 Å². The van der Waals surface area contributed by atoms with E-state index in [1.54, 1.807) is 0 Å². The second kappa shape index (κ2) is 3.71. The van der Waals surface area contributed by atoms with Crippen LogP contribution in [0.1, 0.15) is 6.42 Å². The van der Waals surface area contributed by atoms with Crippen LogP contribution >= 0.6 is 0 Å². The van der Waals surface area contributed by atoms with Gasteiger partial charge in [0.25, 0.3) is 0 Å². The summed E-state index contributed by atoms with van der Waals surface area (Å²) in [5.41, 5.74) is 0.465. The maximum Gasteiger partial charge on any atom is 0.357 e. The Kier molecular flexibility index (Phi) is 2.60. The normalized spacial score (nSPS) is 15.5. The highest BCUT2D eigenvalue weighted by molar-refractivity contribution is 6.37. The van der Waals surface area contributed by atoms with Gasteiger partial charge in [-0.25, -0.2) is 4.79 Å². The minimum Gasteiger partial charge on any atom is -0.431 e. The summed E-state index contributed by atoms with van der Waals surface area (Å²) in [5, 5.41) is 0. The number of carbonyl (C=O) groups is 1. The first-order chi connectivity index (χ1) is 5.34. The number of rotatable bonds is 2. The lowest BCUT2D eigenvalue weighted by molar-refractivity contribution is -0.130. The summed E-state index contributed by atoms with van der Waals surface area (Å²) in [6.07, 6.45) is 5.48. The zero-order chi connectivity index (χ0) is 8.10. The van der Waals surface area contributed by atoms with Gasteiger partial charge in [0.15, 0.2) is 0 Å². The van der Waals surface area contributed by atoms with Crippen molar-refractivity contribution in [1.29, 1.82) is 0 Å². The van der Waals surface area contributed by atoms with Crippen LogP contribution < -0.4 is 0 Å². The largest absolute Gasteiger partial charge is 0.431 e. The number of dihydropyridines is 1. The second-order valence-electron chi connectivity index (χ2n) is 2.03. The minimum atomic E-state index is -0.399. The van der Waals surface area contributed by atoms with E-state index in [4.69, 9.17) is 0 Å². The third-order valence-corrected chi connectivity index (χ3v) is 1.29. The maximum absolute atomic E-state index is 10.9. The number of allylic oxidation sites excluding steroid dienone is 1. The van der Waals surface area contributed by atoms with E-state index < -0.39 is 5.97 Å². The third kappa shape index (κ3) is 2.04. The summed E-state index contributed by atoms with van der Waals surface area (Å²) >= 11 is 0. The molecule has 1 aliphatic heterocycles. The average molecular weight is 151 g/mol. The Labute approximate surface area is 65.1 Å². The van der Waals surface area contributed by atoms with Gasteiger partial charge in [0.1, 0.15) is 5.71 Å². The number of carbonyl (C=O) groups excluding carboxylic acids is 1. The van der Waals surface area contributed by atoms with Crippen molar-refractivity contribution in [3.63, 3.8) is 0 Å². The summed E-state index contributed by atoms with van der Waals surface area (Å²) in [6.45, 7) is 3.85. The molecule has 0 aromatic heterocycles. The standard InChI is InChI=1S/C8H9NO2/c1-2-11-8(10)7-5-3-4-6-9-7/h2-4H,1,5-6H2. The van der Waals surface area contributed by atoms with Crippen LogP contribution in [-0.4, -0.2) is 18.2 Å². The Morgan fingerprint density at radius 3 is 3.09 bits per heavy atom. The fraction of sp³-hybridized carbons (Fsp3) is 0.250. The number of esters is 1. The molecule has 58 valence electrons. The molecule has 0 saturated carbocycles. The molecule has 1 heterocycles. The summed E-state index contributed by atoms with van der Waals surface area (Å²) in [7, 11) is 0. The molecule has 0 bridgehead atoms. The molecule has 0 N–H and O–H groups in total. The van der Waals surface area contributed by atoms with Gasteiger partial charge in [-0.15, -0.1) is 0 Å². The maximum atomic E-state index is 10.9. The predicted octanol–water partition coefficient (Wildman–Crippen LogP) is 1.07. The first-order valence-electron chi connectivity index (χ1n) is 3.35. The van der Waals surface area contributed by atoms with Gasteiger partial charge in [-0.05, 0) is 0 Å². The van der Waals surface area contributed by atoms with E-state index in [0.29, 0.717) is 18.7 Å². The first kappa shape index (κ1) is 7.72. The molecule has 11 heavy (non-hydrogen) atoms. The molecule has 0 aromatic carbocycles. The first-order valence-corrected chi connectivity index (χ1v) is 3.35.